The quantitative estimate of drug-likeness (QED) is 0.472. The summed E-state index contributed by atoms with van der Waals surface area (Å²) >= 11 is 0. The molecule has 2 heterocycles. The smallest absolute Gasteiger partial charge is 0.418 e. The Balaban J connectivity index is 0. The van der Waals surface area contributed by atoms with E-state index in [0.29, 0.717) is 0 Å². The van der Waals surface area contributed by atoms with Gasteiger partial charge in [-0.25, -0.2) is 0 Å². The predicted molar refractivity (Wildman–Crippen MR) is 99.8 cm³/mol. The Kier molecular flexibility index (Phi) is 18.4. The molecule has 0 radical (unpaired) electrons. The van der Waals surface area contributed by atoms with Crippen LogP contribution in [0.15, 0.2) is 0 Å². The molecule has 2 nitrogen and oxygen atoms in total. The van der Waals surface area contributed by atoms with Gasteiger partial charge in [0.05, 0.1) is 39.3 Å². The zero-order chi connectivity index (χ0) is 22.1. The lowest BCUT2D eigenvalue weighted by Gasteiger charge is -2.09. The van der Waals surface area contributed by atoms with Crippen molar-refractivity contribution in [3.05, 3.63) is 0 Å². The second-order valence-electron chi connectivity index (χ2n) is 7.11. The van der Waals surface area contributed by atoms with E-state index >= 15 is 0 Å². The number of halogens is 8. The van der Waals surface area contributed by atoms with Gasteiger partial charge in [-0.1, -0.05) is 26.7 Å². The van der Waals surface area contributed by atoms with Crippen LogP contribution in [-0.4, -0.2) is 53.8 Å². The third kappa shape index (κ3) is 33.1. The topological polar surface area (TPSA) is 8.88 Å². The summed E-state index contributed by atoms with van der Waals surface area (Å²) in [6.45, 7) is 13.2. The molecule has 0 saturated carbocycles. The van der Waals surface area contributed by atoms with Gasteiger partial charge >= 0.3 is 14.5 Å². The molecule has 0 bridgehead atoms. The summed E-state index contributed by atoms with van der Waals surface area (Å²) in [5.41, 5.74) is 0. The fourth-order valence-corrected chi connectivity index (χ4v) is 3.10. The zero-order valence-electron chi connectivity index (χ0n) is 17.1. The molecule has 0 amide bonds. The number of unbranched alkanes of at least 4 members (excludes halogenated alkanes) is 2. The van der Waals surface area contributed by atoms with Gasteiger partial charge < -0.3 is 44.3 Å². The minimum atomic E-state index is -6.00. The summed E-state index contributed by atoms with van der Waals surface area (Å²) in [5.74, 6) is 0. The molecule has 0 spiro atoms. The van der Waals surface area contributed by atoms with Crippen LogP contribution in [0.25, 0.3) is 0 Å². The SMILES string of the molecule is CCCC[NH+]1CCCC1.CCCC[NH+]1CCCC1.F[B-](F)(F)F.F[B-](F)(F)F. The second-order valence-corrected chi connectivity index (χ2v) is 7.11. The summed E-state index contributed by atoms with van der Waals surface area (Å²) in [5, 5.41) is 0. The predicted octanol–water partition coefficient (Wildman–Crippen LogP) is 3.53. The number of likely N-dealkylation sites (tertiary alicyclic amines) is 2. The standard InChI is InChI=1S/2C8H17N.2BF4/c2*1-2-3-6-9-7-4-5-8-9;2*2-1(3,4)5/h2*2-8H2,1H3;;/q;;2*-1/p+2. The zero-order valence-corrected chi connectivity index (χ0v) is 17.1. The highest BCUT2D eigenvalue weighted by atomic mass is 19.5. The second kappa shape index (κ2) is 17.4. The lowest BCUT2D eigenvalue weighted by Crippen LogP contribution is -3.09. The Morgan fingerprint density at radius 2 is 0.750 bits per heavy atom. The van der Waals surface area contributed by atoms with Crippen molar-refractivity contribution in [1.29, 1.82) is 0 Å². The highest BCUT2D eigenvalue weighted by molar-refractivity contribution is 6.50. The fourth-order valence-electron chi connectivity index (χ4n) is 3.10. The molecule has 2 aliphatic rings. The average molecular weight is 430 g/mol. The van der Waals surface area contributed by atoms with Crippen molar-refractivity contribution < 1.29 is 44.3 Å². The fraction of sp³-hybridized carbons (Fsp3) is 1.00. The molecule has 0 unspecified atom stereocenters. The van der Waals surface area contributed by atoms with Crippen LogP contribution >= 0.6 is 0 Å². The molecule has 2 N–H and O–H groups in total. The summed E-state index contributed by atoms with van der Waals surface area (Å²) < 4.78 is 78.0. The molecular formula is C16H36B2F8N2. The molecule has 0 aromatic carbocycles. The van der Waals surface area contributed by atoms with Gasteiger partial charge in [-0.15, -0.1) is 0 Å². The highest BCUT2D eigenvalue weighted by Gasteiger charge is 2.21. The molecule has 2 saturated heterocycles. The first-order valence-corrected chi connectivity index (χ1v) is 10.3. The molecule has 2 fully saturated rings. The van der Waals surface area contributed by atoms with E-state index in [-0.39, 0.29) is 0 Å². The summed E-state index contributed by atoms with van der Waals surface area (Å²) in [7, 11) is -12.0. The van der Waals surface area contributed by atoms with Crippen molar-refractivity contribution in [2.75, 3.05) is 39.3 Å². The summed E-state index contributed by atoms with van der Waals surface area (Å²) in [4.78, 5) is 3.69. The van der Waals surface area contributed by atoms with Crippen molar-refractivity contribution in [3.63, 3.8) is 0 Å². The normalized spacial score (nSPS) is 17.8. The van der Waals surface area contributed by atoms with Crippen LogP contribution in [-0.2, 0) is 0 Å². The van der Waals surface area contributed by atoms with Crippen molar-refractivity contribution >= 4 is 14.5 Å². The molecule has 0 aliphatic carbocycles. The van der Waals surface area contributed by atoms with Gasteiger partial charge in [0.2, 0.25) is 0 Å². The first kappa shape index (κ1) is 29.7. The Hall–Kier alpha value is -0.510. The average Bonchev–Trinajstić information content (AvgIpc) is 3.22. The van der Waals surface area contributed by atoms with Crippen molar-refractivity contribution in [2.24, 2.45) is 0 Å². The van der Waals surface area contributed by atoms with Crippen molar-refractivity contribution in [1.82, 2.24) is 0 Å². The molecule has 172 valence electrons. The number of quaternary nitrogens is 2. The third-order valence-electron chi connectivity index (χ3n) is 4.39. The van der Waals surface area contributed by atoms with Crippen molar-refractivity contribution in [2.45, 2.75) is 65.2 Å². The molecule has 0 aromatic heterocycles. The Bertz CT molecular complexity index is 288. The third-order valence-corrected chi connectivity index (χ3v) is 4.39. The van der Waals surface area contributed by atoms with Gasteiger partial charge in [0.25, 0.3) is 0 Å². The van der Waals surface area contributed by atoms with Crippen LogP contribution < -0.4 is 9.80 Å². The van der Waals surface area contributed by atoms with E-state index < -0.39 is 14.5 Å². The van der Waals surface area contributed by atoms with Gasteiger partial charge in [0.15, 0.2) is 0 Å². The summed E-state index contributed by atoms with van der Waals surface area (Å²) in [6.07, 6.45) is 11.5. The molecule has 12 heteroatoms. The maximum atomic E-state index is 9.75. The van der Waals surface area contributed by atoms with Crippen LogP contribution in [0.4, 0.5) is 34.5 Å². The van der Waals surface area contributed by atoms with Gasteiger partial charge in [-0.2, -0.15) is 0 Å². The molecule has 2 aliphatic heterocycles. The van der Waals surface area contributed by atoms with E-state index in [1.807, 2.05) is 9.80 Å². The molecule has 2 rings (SSSR count). The van der Waals surface area contributed by atoms with Gasteiger partial charge in [0.1, 0.15) is 0 Å². The molecule has 0 aromatic rings. The number of rotatable bonds is 6. The number of nitrogens with one attached hydrogen (secondary N) is 2. The maximum Gasteiger partial charge on any atom is 0.673 e. The first-order valence-electron chi connectivity index (χ1n) is 10.3. The Labute approximate surface area is 164 Å². The van der Waals surface area contributed by atoms with Gasteiger partial charge in [-0.3, -0.25) is 0 Å². The Morgan fingerprint density at radius 1 is 0.536 bits per heavy atom. The van der Waals surface area contributed by atoms with Crippen LogP contribution in [0.3, 0.4) is 0 Å². The monoisotopic (exact) mass is 430 g/mol. The first-order chi connectivity index (χ1) is 12.9. The van der Waals surface area contributed by atoms with Crippen LogP contribution in [0, 0.1) is 0 Å². The van der Waals surface area contributed by atoms with E-state index in [1.165, 1.54) is 90.6 Å². The van der Waals surface area contributed by atoms with E-state index in [4.69, 9.17) is 0 Å². The minimum absolute atomic E-state index is 1.36. The van der Waals surface area contributed by atoms with Crippen LogP contribution in [0.2, 0.25) is 0 Å². The lowest BCUT2D eigenvalue weighted by atomic mass is 10.3. The van der Waals surface area contributed by atoms with E-state index in [2.05, 4.69) is 13.8 Å². The van der Waals surface area contributed by atoms with Crippen LogP contribution in [0.1, 0.15) is 65.2 Å². The van der Waals surface area contributed by atoms with Gasteiger partial charge in [0, 0.05) is 25.7 Å². The minimum Gasteiger partial charge on any atom is -0.418 e. The summed E-state index contributed by atoms with van der Waals surface area (Å²) in [6, 6.07) is 0. The van der Waals surface area contributed by atoms with Gasteiger partial charge in [-0.05, 0) is 12.8 Å². The Morgan fingerprint density at radius 3 is 0.929 bits per heavy atom. The molecule has 28 heavy (non-hydrogen) atoms. The largest absolute Gasteiger partial charge is 0.673 e. The van der Waals surface area contributed by atoms with Crippen LogP contribution in [0.5, 0.6) is 0 Å². The van der Waals surface area contributed by atoms with E-state index in [0.717, 1.165) is 0 Å². The van der Waals surface area contributed by atoms with Crippen molar-refractivity contribution in [3.8, 4) is 0 Å². The lowest BCUT2D eigenvalue weighted by molar-refractivity contribution is -0.887. The highest BCUT2D eigenvalue weighted by Crippen LogP contribution is 2.07. The van der Waals surface area contributed by atoms with E-state index in [9.17, 15) is 34.5 Å². The number of hydrogen-bond donors (Lipinski definition) is 2. The molecular weight excluding hydrogens is 394 g/mol. The van der Waals surface area contributed by atoms with E-state index in [1.54, 1.807) is 0 Å². The molecule has 0 atom stereocenters. The number of hydrogen-bond acceptors (Lipinski definition) is 0. The maximum absolute atomic E-state index is 9.75.